The number of aliphatic imine (C=N–C) groups is 2. The van der Waals surface area contributed by atoms with Gasteiger partial charge in [-0.15, -0.1) is 4.59 Å². The Balaban J connectivity index is 1.21. The second kappa shape index (κ2) is 10.3. The van der Waals surface area contributed by atoms with Gasteiger partial charge < -0.3 is 15.0 Å². The topological polar surface area (TPSA) is 122 Å². The van der Waals surface area contributed by atoms with Crippen molar-refractivity contribution in [1.82, 2.24) is 9.88 Å². The van der Waals surface area contributed by atoms with Gasteiger partial charge in [0.15, 0.2) is 0 Å². The molecule has 10 nitrogen and oxygen atoms in total. The van der Waals surface area contributed by atoms with Gasteiger partial charge in [0.1, 0.15) is 17.7 Å². The van der Waals surface area contributed by atoms with Crippen LogP contribution in [-0.2, 0) is 15.7 Å². The van der Waals surface area contributed by atoms with Gasteiger partial charge in [-0.3, -0.25) is 14.6 Å². The molecule has 1 aromatic heterocycles. The molecule has 2 aromatic rings. The number of ether oxygens (including phenoxy) is 1. The average molecular weight is 581 g/mol. The van der Waals surface area contributed by atoms with E-state index in [0.29, 0.717) is 43.9 Å². The number of amides is 2. The number of nitrogens with zero attached hydrogens (tertiary/aromatic N) is 5. The van der Waals surface area contributed by atoms with Crippen molar-refractivity contribution in [2.75, 3.05) is 31.6 Å². The minimum absolute atomic E-state index is 0.00114. The number of aromatic nitrogens is 1. The van der Waals surface area contributed by atoms with E-state index in [1.807, 2.05) is 11.8 Å². The van der Waals surface area contributed by atoms with Gasteiger partial charge in [-0.2, -0.15) is 24.0 Å². The maximum atomic E-state index is 13.2. The first kappa shape index (κ1) is 27.9. The number of rotatable bonds is 5. The number of carbonyl (C=O) groups excluding carboxylic acids is 2. The molecule has 3 N–H and O–H groups in total. The van der Waals surface area contributed by atoms with Crippen LogP contribution >= 0.6 is 0 Å². The van der Waals surface area contributed by atoms with Crippen molar-refractivity contribution in [3.63, 3.8) is 0 Å². The maximum Gasteiger partial charge on any atom is 0.417 e. The number of piperidine rings is 1. The molecule has 0 saturated carbocycles. The number of carbonyl (C=O) groups is 2. The first-order valence-corrected chi connectivity index (χ1v) is 13.5. The summed E-state index contributed by atoms with van der Waals surface area (Å²) in [5, 5.41) is 2.51. The summed E-state index contributed by atoms with van der Waals surface area (Å²) < 4.78 is 43.5. The summed E-state index contributed by atoms with van der Waals surface area (Å²) in [6.45, 7) is 4.00. The second-order valence-corrected chi connectivity index (χ2v) is 11.2. The van der Waals surface area contributed by atoms with E-state index in [2.05, 4.69) is 15.3 Å². The van der Waals surface area contributed by atoms with Gasteiger partial charge >= 0.3 is 6.18 Å². The number of amidine groups is 1. The lowest BCUT2D eigenvalue weighted by Gasteiger charge is -2.42. The molecular formula is C29H29F3N7O3+. The van der Waals surface area contributed by atoms with E-state index in [4.69, 9.17) is 15.6 Å². The molecule has 5 heterocycles. The molecule has 0 radical (unpaired) electrons. The molecule has 1 unspecified atom stereocenters. The lowest BCUT2D eigenvalue weighted by molar-refractivity contribution is -0.750. The third kappa shape index (κ3) is 4.93. The molecule has 42 heavy (non-hydrogen) atoms. The predicted molar refractivity (Wildman–Crippen MR) is 148 cm³/mol. The molecule has 2 fully saturated rings. The molecule has 218 valence electrons. The van der Waals surface area contributed by atoms with Gasteiger partial charge in [0.05, 0.1) is 42.2 Å². The quantitative estimate of drug-likeness (QED) is 0.411. The largest absolute Gasteiger partial charge is 0.417 e. The van der Waals surface area contributed by atoms with Gasteiger partial charge in [-0.1, -0.05) is 0 Å². The first-order chi connectivity index (χ1) is 20.0. The fraction of sp³-hybridized carbons (Fsp3) is 0.345. The van der Waals surface area contributed by atoms with Crippen molar-refractivity contribution in [3.8, 4) is 0 Å². The van der Waals surface area contributed by atoms with Crippen molar-refractivity contribution in [2.45, 2.75) is 25.9 Å². The van der Waals surface area contributed by atoms with Gasteiger partial charge in [-0.25, -0.2) is 4.98 Å². The van der Waals surface area contributed by atoms with Crippen molar-refractivity contribution < 1.29 is 32.1 Å². The van der Waals surface area contributed by atoms with E-state index in [9.17, 15) is 22.8 Å². The Morgan fingerprint density at radius 3 is 2.57 bits per heavy atom. The Morgan fingerprint density at radius 1 is 1.17 bits per heavy atom. The minimum atomic E-state index is -4.52. The van der Waals surface area contributed by atoms with Crippen LogP contribution in [0.5, 0.6) is 0 Å². The maximum absolute atomic E-state index is 13.2. The summed E-state index contributed by atoms with van der Waals surface area (Å²) in [5.74, 6) is 6.96. The van der Waals surface area contributed by atoms with Crippen LogP contribution in [0.4, 0.5) is 19.0 Å². The van der Waals surface area contributed by atoms with E-state index < -0.39 is 23.1 Å². The summed E-state index contributed by atoms with van der Waals surface area (Å²) >= 11 is 0. The summed E-state index contributed by atoms with van der Waals surface area (Å²) in [4.78, 5) is 40.8. The predicted octanol–water partition coefficient (Wildman–Crippen LogP) is 3.85. The van der Waals surface area contributed by atoms with E-state index in [1.54, 1.807) is 42.9 Å². The Morgan fingerprint density at radius 2 is 1.93 bits per heavy atom. The summed E-state index contributed by atoms with van der Waals surface area (Å²) in [6, 6.07) is 8.57. The number of alkyl halides is 3. The molecule has 2 saturated heterocycles. The van der Waals surface area contributed by atoms with Crippen molar-refractivity contribution in [1.29, 1.82) is 0 Å². The van der Waals surface area contributed by atoms with Gasteiger partial charge in [-0.05, 0) is 56.2 Å². The third-order valence-electron chi connectivity index (χ3n) is 8.01. The molecule has 4 aliphatic heterocycles. The zero-order chi connectivity index (χ0) is 29.7. The lowest BCUT2D eigenvalue weighted by Crippen LogP contribution is -2.55. The van der Waals surface area contributed by atoms with E-state index >= 15 is 0 Å². The number of quaternary nitrogens is 1. The van der Waals surface area contributed by atoms with Crippen molar-refractivity contribution in [3.05, 3.63) is 83.1 Å². The first-order valence-electron chi connectivity index (χ1n) is 13.5. The monoisotopic (exact) mass is 580 g/mol. The number of fused-ring (bicyclic) bond motifs is 1. The molecule has 0 aliphatic carbocycles. The highest BCUT2D eigenvalue weighted by Gasteiger charge is 2.48. The van der Waals surface area contributed by atoms with E-state index in [1.165, 1.54) is 0 Å². The average Bonchev–Trinajstić information content (AvgIpc) is 3.28. The second-order valence-electron chi connectivity index (χ2n) is 11.2. The van der Waals surface area contributed by atoms with E-state index in [0.717, 1.165) is 36.4 Å². The number of halogens is 3. The van der Waals surface area contributed by atoms with Crippen LogP contribution in [0.3, 0.4) is 0 Å². The molecule has 2 atom stereocenters. The van der Waals surface area contributed by atoms with Crippen LogP contribution in [0.1, 0.15) is 41.3 Å². The lowest BCUT2D eigenvalue weighted by atomic mass is 9.85. The number of nitrogens with one attached hydrogen (secondary N) is 1. The molecular weight excluding hydrogens is 551 g/mol. The Bertz CT molecular complexity index is 1540. The van der Waals surface area contributed by atoms with Crippen molar-refractivity contribution in [2.24, 2.45) is 27.2 Å². The SMILES string of the molecule is CC1(C(=O)N2CCC[C@@H](C3=C4C=NC=C[N+]4(N)C(c4ccc(C(=O)Nc5ccc(C(F)(F)F)cn5)cc4)=N3)C2)COC1. The highest BCUT2D eigenvalue weighted by atomic mass is 19.4. The summed E-state index contributed by atoms with van der Waals surface area (Å²) in [6.07, 6.45) is 2.88. The summed E-state index contributed by atoms with van der Waals surface area (Å²) in [5.41, 5.74) is 1.07. The smallest absolute Gasteiger partial charge is 0.379 e. The zero-order valence-electron chi connectivity index (χ0n) is 22.8. The normalized spacial score (nSPS) is 24.6. The number of benzene rings is 1. The molecule has 0 bridgehead atoms. The Labute approximate surface area is 239 Å². The molecule has 13 heteroatoms. The molecule has 2 amide bonds. The van der Waals surface area contributed by atoms with Crippen LogP contribution in [0.15, 0.2) is 76.4 Å². The van der Waals surface area contributed by atoms with Crippen LogP contribution in [0.25, 0.3) is 0 Å². The Hall–Kier alpha value is -4.20. The number of anilines is 1. The van der Waals surface area contributed by atoms with Crippen LogP contribution in [0, 0.1) is 11.3 Å². The van der Waals surface area contributed by atoms with Gasteiger partial charge in [0, 0.05) is 30.8 Å². The van der Waals surface area contributed by atoms with Crippen LogP contribution < -0.4 is 11.2 Å². The molecule has 4 aliphatic rings. The van der Waals surface area contributed by atoms with Crippen LogP contribution in [0.2, 0.25) is 0 Å². The number of hydrogen-bond donors (Lipinski definition) is 2. The number of allylic oxidation sites excluding steroid dienone is 1. The van der Waals surface area contributed by atoms with Crippen molar-refractivity contribution >= 4 is 29.7 Å². The number of likely N-dealkylation sites (tertiary alicyclic amines) is 1. The number of pyridine rings is 1. The fourth-order valence-electron chi connectivity index (χ4n) is 5.60. The number of nitrogens with two attached hydrogens (primary N) is 1. The summed E-state index contributed by atoms with van der Waals surface area (Å²) in [7, 11) is 0. The molecule has 0 spiro atoms. The van der Waals surface area contributed by atoms with Gasteiger partial charge in [0.2, 0.25) is 11.6 Å². The standard InChI is InChI=1S/C29H28F3N7O3/c1-28(16-42-17-28)27(41)38-11-2-3-20(15-38)24-22-14-34-10-12-39(22,33)25(37-24)18-4-6-19(7-5-18)26(40)36-23-9-8-21(13-35-23)29(30,31)32/h4-10,12-14,20H,2-3,11,15-17,33H2,1H3/p+1/t20-,39?/m1/s1. The minimum Gasteiger partial charge on any atom is -0.379 e. The number of hydrogen-bond acceptors (Lipinski definition) is 7. The fourth-order valence-corrected chi connectivity index (χ4v) is 5.60. The third-order valence-corrected chi connectivity index (χ3v) is 8.01. The highest BCUT2D eigenvalue weighted by Crippen LogP contribution is 2.39. The van der Waals surface area contributed by atoms with Gasteiger partial charge in [0.25, 0.3) is 11.7 Å². The Kier molecular flexibility index (Phi) is 6.83. The molecule has 6 rings (SSSR count). The zero-order valence-corrected chi connectivity index (χ0v) is 22.8. The molecule has 1 aromatic carbocycles. The highest BCUT2D eigenvalue weighted by molar-refractivity contribution is 6.05. The van der Waals surface area contributed by atoms with E-state index in [-0.39, 0.29) is 27.8 Å². The van der Waals surface area contributed by atoms with Crippen LogP contribution in [-0.4, -0.2) is 64.6 Å².